The summed E-state index contributed by atoms with van der Waals surface area (Å²) in [6, 6.07) is 0. The molecule has 0 aliphatic heterocycles. The summed E-state index contributed by atoms with van der Waals surface area (Å²) in [7, 11) is 0. The molecule has 7 heteroatoms. The second-order valence-electron chi connectivity index (χ2n) is 12.4. The predicted molar refractivity (Wildman–Crippen MR) is 138 cm³/mol. The van der Waals surface area contributed by atoms with Gasteiger partial charge in [-0.1, -0.05) is 34.1 Å². The third-order valence-corrected chi connectivity index (χ3v) is 11.4. The molecule has 0 saturated heterocycles. The van der Waals surface area contributed by atoms with Crippen LogP contribution in [0.3, 0.4) is 0 Å². The molecule has 4 saturated carbocycles. The van der Waals surface area contributed by atoms with Crippen molar-refractivity contribution in [2.45, 2.75) is 104 Å². The van der Waals surface area contributed by atoms with Crippen molar-refractivity contribution in [1.82, 2.24) is 0 Å². The van der Waals surface area contributed by atoms with Crippen molar-refractivity contribution >= 4 is 34.1 Å². The van der Waals surface area contributed by atoms with Gasteiger partial charge >= 0.3 is 10.9 Å². The van der Waals surface area contributed by atoms with Crippen molar-refractivity contribution in [3.63, 3.8) is 0 Å². The van der Waals surface area contributed by atoms with Crippen LogP contribution in [-0.2, 0) is 14.2 Å². The lowest BCUT2D eigenvalue weighted by atomic mass is 9.43. The van der Waals surface area contributed by atoms with Gasteiger partial charge in [-0.2, -0.15) is 0 Å². The van der Waals surface area contributed by atoms with Crippen LogP contribution in [-0.4, -0.2) is 36.3 Å². The van der Waals surface area contributed by atoms with Gasteiger partial charge in [-0.25, -0.2) is 9.59 Å². The molecule has 4 aliphatic rings. The van der Waals surface area contributed by atoms with Crippen molar-refractivity contribution in [2.75, 3.05) is 13.2 Å². The molecule has 0 amide bonds. The number of carbonyl (C=O) groups excluding carboxylic acids is 2. The van der Waals surface area contributed by atoms with Crippen LogP contribution in [0.1, 0.15) is 91.9 Å². The van der Waals surface area contributed by atoms with Gasteiger partial charge in [0.2, 0.25) is 0 Å². The Kier molecular flexibility index (Phi) is 8.70. The van der Waals surface area contributed by atoms with Crippen LogP contribution >= 0.6 is 23.2 Å². The van der Waals surface area contributed by atoms with Crippen LogP contribution in [0.4, 0.5) is 9.59 Å². The number of fused-ring (bicyclic) bond motifs is 5. The highest BCUT2D eigenvalue weighted by Gasteiger charge is 2.65. The number of ether oxygens (including phenoxy) is 3. The van der Waals surface area contributed by atoms with Gasteiger partial charge in [0.1, 0.15) is 6.10 Å². The maximum absolute atomic E-state index is 12.0. The Labute approximate surface area is 221 Å². The smallest absolute Gasteiger partial charge is 0.404 e. The first-order valence-electron chi connectivity index (χ1n) is 13.9. The van der Waals surface area contributed by atoms with Gasteiger partial charge in [0.05, 0.1) is 19.3 Å². The molecule has 0 N–H and O–H groups in total. The molecule has 0 aromatic heterocycles. The summed E-state index contributed by atoms with van der Waals surface area (Å²) in [6.07, 6.45) is 11.3. The van der Waals surface area contributed by atoms with Crippen molar-refractivity contribution in [3.05, 3.63) is 0 Å². The third kappa shape index (κ3) is 5.25. The Morgan fingerprint density at radius 2 is 1.74 bits per heavy atom. The zero-order valence-electron chi connectivity index (χ0n) is 21.9. The van der Waals surface area contributed by atoms with E-state index < -0.39 is 10.9 Å². The SMILES string of the molecule is CC[C@@H](C)[C@H]1CC[C@H]2[C@@H]3CC[C@@H]4C[C@H](OCCCOC(=O)Cl)CC[C@]4(C)[C@H]3C[C@H](OC(=O)Cl)[C@]12C. The van der Waals surface area contributed by atoms with Crippen LogP contribution in [0, 0.1) is 46.3 Å². The van der Waals surface area contributed by atoms with Crippen LogP contribution < -0.4 is 0 Å². The average Bonchev–Trinajstić information content (AvgIpc) is 3.17. The Balaban J connectivity index is 1.47. The maximum atomic E-state index is 12.0. The van der Waals surface area contributed by atoms with Crippen molar-refractivity contribution in [2.24, 2.45) is 46.3 Å². The zero-order chi connectivity index (χ0) is 25.4. The molecule has 5 nitrogen and oxygen atoms in total. The molecule has 4 rings (SSSR count). The summed E-state index contributed by atoms with van der Waals surface area (Å²) < 4.78 is 17.0. The van der Waals surface area contributed by atoms with E-state index in [9.17, 15) is 9.59 Å². The Bertz CT molecular complexity index is 776. The lowest BCUT2D eigenvalue weighted by Gasteiger charge is -2.62. The summed E-state index contributed by atoms with van der Waals surface area (Å²) in [6.45, 7) is 10.5. The van der Waals surface area contributed by atoms with E-state index in [1.807, 2.05) is 0 Å². The van der Waals surface area contributed by atoms with Gasteiger partial charge in [0.25, 0.3) is 0 Å². The van der Waals surface area contributed by atoms with E-state index >= 15 is 0 Å². The quantitative estimate of drug-likeness (QED) is 0.233. The fourth-order valence-corrected chi connectivity index (χ4v) is 9.49. The van der Waals surface area contributed by atoms with E-state index in [1.54, 1.807) is 0 Å². The fourth-order valence-electron chi connectivity index (χ4n) is 9.30. The van der Waals surface area contributed by atoms with E-state index in [2.05, 4.69) is 27.7 Å². The highest BCUT2D eigenvalue weighted by molar-refractivity contribution is 6.61. The van der Waals surface area contributed by atoms with Crippen LogP contribution in [0.2, 0.25) is 0 Å². The number of carbonyl (C=O) groups is 2. The molecule has 10 atom stereocenters. The summed E-state index contributed by atoms with van der Waals surface area (Å²) in [5.74, 6) is 3.74. The third-order valence-electron chi connectivity index (χ3n) is 11.2. The molecule has 4 aliphatic carbocycles. The molecule has 200 valence electrons. The molecule has 0 aromatic rings. The molecular formula is C28H44Cl2O5. The van der Waals surface area contributed by atoms with Gasteiger partial charge in [-0.3, -0.25) is 0 Å². The molecule has 4 fully saturated rings. The first kappa shape index (κ1) is 27.5. The largest absolute Gasteiger partial charge is 0.454 e. The van der Waals surface area contributed by atoms with Gasteiger partial charge in [-0.15, -0.1) is 0 Å². The maximum Gasteiger partial charge on any atom is 0.404 e. The highest BCUT2D eigenvalue weighted by Crippen LogP contribution is 2.69. The molecule has 0 radical (unpaired) electrons. The monoisotopic (exact) mass is 530 g/mol. The van der Waals surface area contributed by atoms with Crippen LogP contribution in [0.15, 0.2) is 0 Å². The zero-order valence-corrected chi connectivity index (χ0v) is 23.4. The Morgan fingerprint density at radius 3 is 2.43 bits per heavy atom. The van der Waals surface area contributed by atoms with Gasteiger partial charge in [0, 0.05) is 35.0 Å². The number of hydrogen-bond acceptors (Lipinski definition) is 5. The van der Waals surface area contributed by atoms with Crippen molar-refractivity contribution in [1.29, 1.82) is 0 Å². The molecule has 0 unspecified atom stereocenters. The number of halogens is 2. The summed E-state index contributed by atoms with van der Waals surface area (Å²) in [5.41, 5.74) is -1.12. The molecule has 0 bridgehead atoms. The lowest BCUT2D eigenvalue weighted by molar-refractivity contribution is -0.176. The van der Waals surface area contributed by atoms with Gasteiger partial charge in [0.15, 0.2) is 0 Å². The van der Waals surface area contributed by atoms with Crippen molar-refractivity contribution < 1.29 is 23.8 Å². The summed E-state index contributed by atoms with van der Waals surface area (Å²) in [5, 5.41) is 0. The predicted octanol–water partition coefficient (Wildman–Crippen LogP) is 8.20. The first-order valence-corrected chi connectivity index (χ1v) is 14.7. The standard InChI is InChI=1S/C28H44Cl2O5/c1-5-17(2)21-9-10-22-20-8-7-18-15-19(33-13-6-14-34-25(29)31)11-12-27(18,3)23(20)16-24(28(21,22)4)35-26(30)32/h17-24H,5-16H2,1-4H3/t17-,18-,19-,20+,21-,22+,23+,24+,27+,28-/m1/s1. The minimum Gasteiger partial charge on any atom is -0.454 e. The normalized spacial score (nSPS) is 43.4. The van der Waals surface area contributed by atoms with Crippen LogP contribution in [0.25, 0.3) is 0 Å². The molecular weight excluding hydrogens is 487 g/mol. The molecule has 35 heavy (non-hydrogen) atoms. The number of hydrogen-bond donors (Lipinski definition) is 0. The summed E-state index contributed by atoms with van der Waals surface area (Å²) >= 11 is 11.1. The Morgan fingerprint density at radius 1 is 0.971 bits per heavy atom. The van der Waals surface area contributed by atoms with E-state index in [0.717, 1.165) is 32.1 Å². The topological polar surface area (TPSA) is 61.8 Å². The highest BCUT2D eigenvalue weighted by atomic mass is 35.5. The fraction of sp³-hybridized carbons (Fsp3) is 0.929. The average molecular weight is 532 g/mol. The second-order valence-corrected chi connectivity index (χ2v) is 13.0. The van der Waals surface area contributed by atoms with Gasteiger partial charge in [-0.05, 0) is 92.3 Å². The molecule has 0 heterocycles. The van der Waals surface area contributed by atoms with E-state index in [4.69, 9.17) is 37.4 Å². The summed E-state index contributed by atoms with van der Waals surface area (Å²) in [4.78, 5) is 22.8. The number of rotatable bonds is 8. The van der Waals surface area contributed by atoms with E-state index in [1.165, 1.54) is 25.7 Å². The lowest BCUT2D eigenvalue weighted by Crippen LogP contribution is -2.59. The molecule has 0 spiro atoms. The van der Waals surface area contributed by atoms with Crippen LogP contribution in [0.5, 0.6) is 0 Å². The van der Waals surface area contributed by atoms with E-state index in [-0.39, 0.29) is 23.0 Å². The Hall–Kier alpha value is -0.520. The minimum absolute atomic E-state index is 0.0249. The molecule has 0 aromatic carbocycles. The van der Waals surface area contributed by atoms with Crippen molar-refractivity contribution in [3.8, 4) is 0 Å². The van der Waals surface area contributed by atoms with Gasteiger partial charge < -0.3 is 14.2 Å². The first-order chi connectivity index (χ1) is 16.6. The van der Waals surface area contributed by atoms with E-state index in [0.29, 0.717) is 55.1 Å². The second kappa shape index (κ2) is 11.1. The minimum atomic E-state index is -0.755.